The largest absolute Gasteiger partial charge is 0.362 e. The van der Waals surface area contributed by atoms with Crippen LogP contribution < -0.4 is 10.5 Å². The third-order valence-electron chi connectivity index (χ3n) is 5.30. The van der Waals surface area contributed by atoms with Crippen molar-refractivity contribution in [1.29, 1.82) is 0 Å². The minimum absolute atomic E-state index is 0.0289. The number of aryl methyl sites for hydroxylation is 2. The fourth-order valence-electron chi connectivity index (χ4n) is 3.80. The Morgan fingerprint density at radius 2 is 1.90 bits per heavy atom. The molecule has 8 nitrogen and oxygen atoms in total. The second-order valence-corrected chi connectivity index (χ2v) is 8.04. The van der Waals surface area contributed by atoms with E-state index < -0.39 is 16.2 Å². The highest BCUT2D eigenvalue weighted by Crippen LogP contribution is 2.34. The number of nitrogens with zero attached hydrogens (tertiary/aromatic N) is 4. The Morgan fingerprint density at radius 3 is 2.52 bits per heavy atom. The highest BCUT2D eigenvalue weighted by molar-refractivity contribution is 7.12. The van der Waals surface area contributed by atoms with Gasteiger partial charge in [-0.2, -0.15) is 0 Å². The fraction of sp³-hybridized carbons (Fsp3) is 0.300. The molecular weight excluding hydrogens is 392 g/mol. The van der Waals surface area contributed by atoms with Crippen molar-refractivity contribution in [2.75, 3.05) is 31.1 Å². The Bertz CT molecular complexity index is 1160. The second kappa shape index (κ2) is 7.32. The fourth-order valence-corrected chi connectivity index (χ4v) is 4.49. The summed E-state index contributed by atoms with van der Waals surface area (Å²) in [5.41, 5.74) is 0.915. The van der Waals surface area contributed by atoms with Gasteiger partial charge in [-0.15, -0.1) is 11.3 Å². The quantitative estimate of drug-likeness (QED) is 0.488. The number of carbonyl (C=O) groups is 1. The average molecular weight is 412 g/mol. The van der Waals surface area contributed by atoms with Crippen LogP contribution in [-0.4, -0.2) is 46.5 Å². The monoisotopic (exact) mass is 412 g/mol. The summed E-state index contributed by atoms with van der Waals surface area (Å²) in [6.07, 6.45) is 0. The van der Waals surface area contributed by atoms with E-state index in [-0.39, 0.29) is 5.91 Å². The van der Waals surface area contributed by atoms with E-state index in [1.807, 2.05) is 41.5 Å². The van der Waals surface area contributed by atoms with Gasteiger partial charge in [-0.3, -0.25) is 19.7 Å². The van der Waals surface area contributed by atoms with Crippen LogP contribution in [0, 0.1) is 17.0 Å². The molecule has 29 heavy (non-hydrogen) atoms. The molecule has 3 aromatic rings. The number of anilines is 1. The maximum atomic E-state index is 12.7. The van der Waals surface area contributed by atoms with Crippen molar-refractivity contribution in [3.8, 4) is 0 Å². The normalized spacial score (nSPS) is 14.4. The van der Waals surface area contributed by atoms with E-state index in [1.54, 1.807) is 18.0 Å². The summed E-state index contributed by atoms with van der Waals surface area (Å²) in [4.78, 5) is 40.8. The molecule has 1 aromatic carbocycles. The molecule has 0 spiro atoms. The smallest absolute Gasteiger partial charge is 0.357 e. The molecule has 0 atom stereocenters. The first-order valence-electron chi connectivity index (χ1n) is 9.24. The molecule has 9 heteroatoms. The zero-order valence-corrected chi connectivity index (χ0v) is 16.9. The molecule has 0 radical (unpaired) electrons. The van der Waals surface area contributed by atoms with Crippen LogP contribution in [0.3, 0.4) is 0 Å². The van der Waals surface area contributed by atoms with E-state index in [0.717, 1.165) is 5.56 Å². The van der Waals surface area contributed by atoms with Crippen LogP contribution in [0.5, 0.6) is 0 Å². The molecule has 4 rings (SSSR count). The molecule has 1 amide bonds. The number of amides is 1. The van der Waals surface area contributed by atoms with E-state index in [0.29, 0.717) is 47.6 Å². The predicted octanol–water partition coefficient (Wildman–Crippen LogP) is 2.78. The first-order valence-corrected chi connectivity index (χ1v) is 10.1. The number of aromatic nitrogens is 1. The molecule has 1 saturated heterocycles. The lowest BCUT2D eigenvalue weighted by molar-refractivity contribution is -0.385. The lowest BCUT2D eigenvalue weighted by Crippen LogP contribution is -2.49. The Kier molecular flexibility index (Phi) is 4.83. The standard InChI is InChI=1S/C20H20N4O4S/c1-13-5-6-15-14(12-13)17(18(24(27)28)20(26)21(15)2)22-7-9-23(10-8-22)19(25)16-4-3-11-29-16/h3-6,11-12H,7-10H2,1-2H3. The van der Waals surface area contributed by atoms with E-state index in [1.165, 1.54) is 15.9 Å². The van der Waals surface area contributed by atoms with Gasteiger partial charge in [0.1, 0.15) is 5.69 Å². The molecule has 0 unspecified atom stereocenters. The average Bonchev–Trinajstić information content (AvgIpc) is 3.24. The predicted molar refractivity (Wildman–Crippen MR) is 113 cm³/mol. The number of piperazine rings is 1. The maximum Gasteiger partial charge on any atom is 0.357 e. The minimum Gasteiger partial charge on any atom is -0.362 e. The highest BCUT2D eigenvalue weighted by atomic mass is 32.1. The number of thiophene rings is 1. The van der Waals surface area contributed by atoms with Crippen LogP contribution >= 0.6 is 11.3 Å². The number of hydrogen-bond donors (Lipinski definition) is 0. The second-order valence-electron chi connectivity index (χ2n) is 7.10. The van der Waals surface area contributed by atoms with Gasteiger partial charge in [0.15, 0.2) is 0 Å². The molecule has 3 heterocycles. The van der Waals surface area contributed by atoms with E-state index in [2.05, 4.69) is 0 Å². The van der Waals surface area contributed by atoms with Gasteiger partial charge < -0.3 is 14.4 Å². The van der Waals surface area contributed by atoms with E-state index >= 15 is 0 Å². The first kappa shape index (κ1) is 19.1. The molecular formula is C20H20N4O4S. The van der Waals surface area contributed by atoms with Gasteiger partial charge in [0.05, 0.1) is 15.3 Å². The van der Waals surface area contributed by atoms with Crippen molar-refractivity contribution in [3.63, 3.8) is 0 Å². The topological polar surface area (TPSA) is 88.7 Å². The number of benzene rings is 1. The molecule has 0 N–H and O–H groups in total. The van der Waals surface area contributed by atoms with Gasteiger partial charge in [-0.25, -0.2) is 0 Å². The van der Waals surface area contributed by atoms with Gasteiger partial charge in [0.25, 0.3) is 5.91 Å². The van der Waals surface area contributed by atoms with Gasteiger partial charge in [0.2, 0.25) is 0 Å². The van der Waals surface area contributed by atoms with Crippen molar-refractivity contribution in [3.05, 3.63) is 66.6 Å². The van der Waals surface area contributed by atoms with Gasteiger partial charge >= 0.3 is 11.2 Å². The maximum absolute atomic E-state index is 12.7. The lowest BCUT2D eigenvalue weighted by Gasteiger charge is -2.36. The molecule has 1 aliphatic heterocycles. The zero-order valence-electron chi connectivity index (χ0n) is 16.1. The molecule has 1 aliphatic rings. The van der Waals surface area contributed by atoms with Crippen LogP contribution in [-0.2, 0) is 7.05 Å². The Labute approximate surface area is 170 Å². The van der Waals surface area contributed by atoms with Crippen molar-refractivity contribution >= 4 is 39.5 Å². The van der Waals surface area contributed by atoms with Crippen molar-refractivity contribution in [2.24, 2.45) is 7.05 Å². The Balaban J connectivity index is 1.74. The summed E-state index contributed by atoms with van der Waals surface area (Å²) < 4.78 is 1.33. The van der Waals surface area contributed by atoms with Crippen molar-refractivity contribution < 1.29 is 9.72 Å². The van der Waals surface area contributed by atoms with Crippen LogP contribution in [0.15, 0.2) is 40.5 Å². The molecule has 2 aromatic heterocycles. The summed E-state index contributed by atoms with van der Waals surface area (Å²) in [5, 5.41) is 14.3. The van der Waals surface area contributed by atoms with E-state index in [9.17, 15) is 19.7 Å². The summed E-state index contributed by atoms with van der Waals surface area (Å²) in [7, 11) is 1.55. The first-order chi connectivity index (χ1) is 13.9. The summed E-state index contributed by atoms with van der Waals surface area (Å²) in [6.45, 7) is 3.65. The third-order valence-corrected chi connectivity index (χ3v) is 6.16. The molecule has 1 fully saturated rings. The summed E-state index contributed by atoms with van der Waals surface area (Å²) in [6, 6.07) is 9.21. The van der Waals surface area contributed by atoms with Crippen molar-refractivity contribution in [2.45, 2.75) is 6.92 Å². The number of fused-ring (bicyclic) bond motifs is 1. The van der Waals surface area contributed by atoms with Crippen molar-refractivity contribution in [1.82, 2.24) is 9.47 Å². The number of nitro groups is 1. The van der Waals surface area contributed by atoms with Crippen LogP contribution in [0.1, 0.15) is 15.2 Å². The summed E-state index contributed by atoms with van der Waals surface area (Å²) >= 11 is 1.40. The molecule has 0 saturated carbocycles. The number of carbonyl (C=O) groups excluding carboxylic acids is 1. The van der Waals surface area contributed by atoms with Gasteiger partial charge in [-0.1, -0.05) is 17.7 Å². The van der Waals surface area contributed by atoms with Gasteiger partial charge in [-0.05, 0) is 30.5 Å². The number of rotatable bonds is 3. The molecule has 150 valence electrons. The minimum atomic E-state index is -0.626. The SMILES string of the molecule is Cc1ccc2c(c1)c(N1CCN(C(=O)c3cccs3)CC1)c([N+](=O)[O-])c(=O)n2C. The number of pyridine rings is 1. The Hall–Kier alpha value is -3.20. The van der Waals surface area contributed by atoms with Crippen LogP contribution in [0.25, 0.3) is 10.9 Å². The summed E-state index contributed by atoms with van der Waals surface area (Å²) in [5.74, 6) is -0.0289. The number of hydrogen-bond acceptors (Lipinski definition) is 6. The van der Waals surface area contributed by atoms with Gasteiger partial charge in [0, 0.05) is 38.6 Å². The molecule has 0 aliphatic carbocycles. The Morgan fingerprint density at radius 1 is 1.17 bits per heavy atom. The highest BCUT2D eigenvalue weighted by Gasteiger charge is 2.31. The van der Waals surface area contributed by atoms with E-state index in [4.69, 9.17) is 0 Å². The third kappa shape index (κ3) is 3.27. The molecule has 0 bridgehead atoms. The lowest BCUT2D eigenvalue weighted by atomic mass is 10.1. The van der Waals surface area contributed by atoms with Crippen LogP contribution in [0.2, 0.25) is 0 Å². The zero-order chi connectivity index (χ0) is 20.7. The van der Waals surface area contributed by atoms with Crippen LogP contribution in [0.4, 0.5) is 11.4 Å².